The highest BCUT2D eigenvalue weighted by molar-refractivity contribution is 5.94. The maximum Gasteiger partial charge on any atom is 0.253 e. The molecule has 0 spiro atoms. The number of carbonyl (C=O) groups is 2. The van der Waals surface area contributed by atoms with Crippen molar-refractivity contribution in [3.63, 3.8) is 0 Å². The second kappa shape index (κ2) is 9.16. The molecule has 0 bridgehead atoms. The first-order valence-electron chi connectivity index (χ1n) is 11.1. The van der Waals surface area contributed by atoms with Crippen LogP contribution >= 0.6 is 0 Å². The summed E-state index contributed by atoms with van der Waals surface area (Å²) in [6, 6.07) is 7.88. The van der Waals surface area contributed by atoms with E-state index in [1.807, 2.05) is 29.2 Å². The monoisotopic (exact) mass is 399 g/mol. The van der Waals surface area contributed by atoms with Crippen molar-refractivity contribution in [2.45, 2.75) is 44.6 Å². The first-order chi connectivity index (χ1) is 14.2. The lowest BCUT2D eigenvalue weighted by Crippen LogP contribution is -2.51. The van der Waals surface area contributed by atoms with Gasteiger partial charge in [0.25, 0.3) is 5.91 Å². The molecular weight excluding hydrogens is 366 g/mol. The van der Waals surface area contributed by atoms with Crippen molar-refractivity contribution in [2.75, 3.05) is 46.4 Å². The summed E-state index contributed by atoms with van der Waals surface area (Å²) >= 11 is 0. The van der Waals surface area contributed by atoms with Crippen molar-refractivity contribution < 1.29 is 14.3 Å². The van der Waals surface area contributed by atoms with Crippen LogP contribution in [-0.4, -0.2) is 78.9 Å². The predicted octanol–water partition coefficient (Wildman–Crippen LogP) is 2.63. The van der Waals surface area contributed by atoms with Crippen molar-refractivity contribution in [1.29, 1.82) is 0 Å². The van der Waals surface area contributed by atoms with Crippen LogP contribution in [0.1, 0.15) is 48.9 Å². The van der Waals surface area contributed by atoms with E-state index in [4.69, 9.17) is 4.74 Å². The molecule has 1 atom stereocenters. The first kappa shape index (κ1) is 20.2. The number of ether oxygens (including phenoxy) is 1. The Labute approximate surface area is 173 Å². The van der Waals surface area contributed by atoms with Crippen molar-refractivity contribution in [2.24, 2.45) is 5.92 Å². The number of likely N-dealkylation sites (tertiary alicyclic amines) is 3. The fraction of sp³-hybridized carbons (Fsp3) is 0.652. The molecular formula is C23H33N3O3. The Balaban J connectivity index is 1.30. The van der Waals surface area contributed by atoms with Crippen LogP contribution in [0.3, 0.4) is 0 Å². The molecule has 1 aromatic rings. The Kier molecular flexibility index (Phi) is 6.38. The SMILES string of the molecule is COc1cccc(C(=O)N2CCC(N3CCC[C@H](C(=O)N4CCCC4)C3)CC2)c1. The summed E-state index contributed by atoms with van der Waals surface area (Å²) < 4.78 is 5.25. The smallest absolute Gasteiger partial charge is 0.253 e. The Morgan fingerprint density at radius 3 is 2.41 bits per heavy atom. The third-order valence-electron chi connectivity index (χ3n) is 6.80. The van der Waals surface area contributed by atoms with Crippen LogP contribution in [0.2, 0.25) is 0 Å². The number of benzene rings is 1. The zero-order valence-electron chi connectivity index (χ0n) is 17.5. The van der Waals surface area contributed by atoms with Gasteiger partial charge in [0, 0.05) is 44.3 Å². The lowest BCUT2D eigenvalue weighted by atomic mass is 9.92. The molecule has 158 valence electrons. The molecule has 3 fully saturated rings. The topological polar surface area (TPSA) is 53.1 Å². The number of rotatable bonds is 4. The van der Waals surface area contributed by atoms with Gasteiger partial charge in [0.1, 0.15) is 5.75 Å². The minimum atomic E-state index is 0.0862. The number of carbonyl (C=O) groups excluding carboxylic acids is 2. The van der Waals surface area contributed by atoms with Crippen LogP contribution in [0.25, 0.3) is 0 Å². The highest BCUT2D eigenvalue weighted by Crippen LogP contribution is 2.27. The fourth-order valence-electron chi connectivity index (χ4n) is 5.11. The molecule has 6 heteroatoms. The number of nitrogens with zero attached hydrogens (tertiary/aromatic N) is 3. The van der Waals surface area contributed by atoms with E-state index in [2.05, 4.69) is 9.80 Å². The van der Waals surface area contributed by atoms with Gasteiger partial charge in [0.2, 0.25) is 5.91 Å². The molecule has 3 aliphatic rings. The van der Waals surface area contributed by atoms with Crippen molar-refractivity contribution in [3.05, 3.63) is 29.8 Å². The lowest BCUT2D eigenvalue weighted by molar-refractivity contribution is -0.136. The van der Waals surface area contributed by atoms with Gasteiger partial charge in [-0.05, 0) is 63.3 Å². The highest BCUT2D eigenvalue weighted by Gasteiger charge is 2.34. The molecule has 4 rings (SSSR count). The summed E-state index contributed by atoms with van der Waals surface area (Å²) in [5, 5.41) is 0. The van der Waals surface area contributed by atoms with Gasteiger partial charge in [0.15, 0.2) is 0 Å². The van der Waals surface area contributed by atoms with Crippen molar-refractivity contribution >= 4 is 11.8 Å². The van der Waals surface area contributed by atoms with Gasteiger partial charge >= 0.3 is 0 Å². The largest absolute Gasteiger partial charge is 0.497 e. The standard InChI is InChI=1S/C23H33N3O3/c1-29-21-8-4-6-18(16-21)22(27)25-14-9-20(10-15-25)26-13-5-7-19(17-26)23(28)24-11-2-3-12-24/h4,6,8,16,19-20H,2-3,5,7,9-15,17H2,1H3/t19-/m0/s1. The average molecular weight is 400 g/mol. The summed E-state index contributed by atoms with van der Waals surface area (Å²) in [5.74, 6) is 1.34. The summed E-state index contributed by atoms with van der Waals surface area (Å²) in [6.45, 7) is 5.42. The van der Waals surface area contributed by atoms with Gasteiger partial charge in [-0.25, -0.2) is 0 Å². The number of hydrogen-bond acceptors (Lipinski definition) is 4. The van der Waals surface area contributed by atoms with Gasteiger partial charge in [0.05, 0.1) is 13.0 Å². The van der Waals surface area contributed by atoms with Crippen LogP contribution in [0.15, 0.2) is 24.3 Å². The van der Waals surface area contributed by atoms with E-state index < -0.39 is 0 Å². The van der Waals surface area contributed by atoms with Gasteiger partial charge < -0.3 is 14.5 Å². The van der Waals surface area contributed by atoms with Gasteiger partial charge in [-0.1, -0.05) is 6.07 Å². The van der Waals surface area contributed by atoms with Crippen LogP contribution < -0.4 is 4.74 Å². The Bertz CT molecular complexity index is 724. The Morgan fingerprint density at radius 1 is 0.931 bits per heavy atom. The molecule has 2 amide bonds. The number of piperidine rings is 2. The van der Waals surface area contributed by atoms with Crippen LogP contribution in [0.4, 0.5) is 0 Å². The average Bonchev–Trinajstić information content (AvgIpc) is 3.33. The molecule has 3 heterocycles. The highest BCUT2D eigenvalue weighted by atomic mass is 16.5. The predicted molar refractivity (Wildman–Crippen MR) is 112 cm³/mol. The van der Waals surface area contributed by atoms with Crippen molar-refractivity contribution in [3.8, 4) is 5.75 Å². The molecule has 29 heavy (non-hydrogen) atoms. The third-order valence-corrected chi connectivity index (χ3v) is 6.80. The molecule has 0 unspecified atom stereocenters. The van der Waals surface area contributed by atoms with Crippen LogP contribution in [0.5, 0.6) is 5.75 Å². The molecule has 0 aromatic heterocycles. The second-order valence-corrected chi connectivity index (χ2v) is 8.62. The van der Waals surface area contributed by atoms with Gasteiger partial charge in [-0.3, -0.25) is 14.5 Å². The van der Waals surface area contributed by atoms with E-state index in [0.717, 1.165) is 77.8 Å². The van der Waals surface area contributed by atoms with E-state index in [0.29, 0.717) is 23.3 Å². The maximum atomic E-state index is 12.8. The van der Waals surface area contributed by atoms with Crippen molar-refractivity contribution in [1.82, 2.24) is 14.7 Å². The summed E-state index contributed by atoms with van der Waals surface area (Å²) in [4.78, 5) is 32.2. The van der Waals surface area contributed by atoms with E-state index in [1.54, 1.807) is 7.11 Å². The molecule has 6 nitrogen and oxygen atoms in total. The third kappa shape index (κ3) is 4.58. The first-order valence-corrected chi connectivity index (χ1v) is 11.1. The Hall–Kier alpha value is -2.08. The van der Waals surface area contributed by atoms with Crippen LogP contribution in [0, 0.1) is 5.92 Å². The molecule has 0 N–H and O–H groups in total. The number of hydrogen-bond donors (Lipinski definition) is 0. The maximum absolute atomic E-state index is 12.8. The minimum absolute atomic E-state index is 0.0862. The molecule has 1 aromatic carbocycles. The quantitative estimate of drug-likeness (QED) is 0.781. The summed E-state index contributed by atoms with van der Waals surface area (Å²) in [6.07, 6.45) is 6.41. The zero-order chi connectivity index (χ0) is 20.2. The Morgan fingerprint density at radius 2 is 1.69 bits per heavy atom. The number of methoxy groups -OCH3 is 1. The van der Waals surface area contributed by atoms with Crippen LogP contribution in [-0.2, 0) is 4.79 Å². The molecule has 3 aliphatic heterocycles. The zero-order valence-corrected chi connectivity index (χ0v) is 17.5. The second-order valence-electron chi connectivity index (χ2n) is 8.62. The normalized spacial score (nSPS) is 24.0. The lowest BCUT2D eigenvalue weighted by Gasteiger charge is -2.42. The van der Waals surface area contributed by atoms with Gasteiger partial charge in [-0.2, -0.15) is 0 Å². The van der Waals surface area contributed by atoms with E-state index >= 15 is 0 Å². The minimum Gasteiger partial charge on any atom is -0.497 e. The number of amides is 2. The van der Waals surface area contributed by atoms with Gasteiger partial charge in [-0.15, -0.1) is 0 Å². The fourth-order valence-corrected chi connectivity index (χ4v) is 5.11. The molecule has 0 saturated carbocycles. The summed E-state index contributed by atoms with van der Waals surface area (Å²) in [5.41, 5.74) is 0.692. The summed E-state index contributed by atoms with van der Waals surface area (Å²) in [7, 11) is 1.62. The molecule has 3 saturated heterocycles. The van der Waals surface area contributed by atoms with E-state index in [9.17, 15) is 9.59 Å². The van der Waals surface area contributed by atoms with E-state index in [-0.39, 0.29) is 11.8 Å². The molecule has 0 radical (unpaired) electrons. The van der Waals surface area contributed by atoms with E-state index in [1.165, 1.54) is 0 Å². The molecule has 0 aliphatic carbocycles.